The Morgan fingerprint density at radius 3 is 2.71 bits per heavy atom. The van der Waals surface area contributed by atoms with Gasteiger partial charge in [0.2, 0.25) is 0 Å². The van der Waals surface area contributed by atoms with Crippen LogP contribution in [0.2, 0.25) is 0 Å². The van der Waals surface area contributed by atoms with E-state index < -0.39 is 0 Å². The van der Waals surface area contributed by atoms with Gasteiger partial charge in [0.25, 0.3) is 0 Å². The van der Waals surface area contributed by atoms with Crippen LogP contribution in [-0.4, -0.2) is 35.8 Å². The number of carbonyl (C=O) groups is 1. The SMILES string of the molecule is CC(=O)C(CSCCS)CC(C)(C)CC1CO1. The second-order valence-corrected chi connectivity index (χ2v) is 7.23. The Labute approximate surface area is 115 Å². The van der Waals surface area contributed by atoms with E-state index in [9.17, 15) is 4.79 Å². The maximum absolute atomic E-state index is 11.7. The fraction of sp³-hybridized carbons (Fsp3) is 0.923. The van der Waals surface area contributed by atoms with Crippen molar-refractivity contribution in [2.24, 2.45) is 11.3 Å². The van der Waals surface area contributed by atoms with E-state index in [-0.39, 0.29) is 11.3 Å². The first-order chi connectivity index (χ1) is 7.94. The Balaban J connectivity index is 2.37. The van der Waals surface area contributed by atoms with Gasteiger partial charge in [0, 0.05) is 17.4 Å². The number of thioether (sulfide) groups is 1. The number of hydrogen-bond donors (Lipinski definition) is 1. The summed E-state index contributed by atoms with van der Waals surface area (Å²) in [6.45, 7) is 7.11. The minimum absolute atomic E-state index is 0.189. The first kappa shape index (κ1) is 15.4. The highest BCUT2D eigenvalue weighted by atomic mass is 32.2. The first-order valence-corrected chi connectivity index (χ1v) is 8.04. The summed E-state index contributed by atoms with van der Waals surface area (Å²) in [4.78, 5) is 11.7. The Hall–Kier alpha value is 0.330. The molecule has 17 heavy (non-hydrogen) atoms. The Morgan fingerprint density at radius 1 is 1.59 bits per heavy atom. The third-order valence-corrected chi connectivity index (χ3v) is 4.77. The molecule has 0 saturated carbocycles. The number of carbonyl (C=O) groups excluding carboxylic acids is 1. The number of epoxide rings is 1. The van der Waals surface area contributed by atoms with Gasteiger partial charge in [0.1, 0.15) is 5.78 Å². The van der Waals surface area contributed by atoms with Gasteiger partial charge in [-0.15, -0.1) is 0 Å². The van der Waals surface area contributed by atoms with E-state index in [1.807, 2.05) is 11.8 Å². The van der Waals surface area contributed by atoms with Crippen LogP contribution in [0.25, 0.3) is 0 Å². The van der Waals surface area contributed by atoms with Gasteiger partial charge in [-0.25, -0.2) is 0 Å². The quantitative estimate of drug-likeness (QED) is 0.399. The maximum Gasteiger partial charge on any atom is 0.133 e. The highest BCUT2D eigenvalue weighted by molar-refractivity contribution is 8.00. The van der Waals surface area contributed by atoms with Crippen molar-refractivity contribution in [3.8, 4) is 0 Å². The third-order valence-electron chi connectivity index (χ3n) is 3.11. The van der Waals surface area contributed by atoms with Gasteiger partial charge >= 0.3 is 0 Å². The summed E-state index contributed by atoms with van der Waals surface area (Å²) in [5.41, 5.74) is 0.207. The summed E-state index contributed by atoms with van der Waals surface area (Å²) < 4.78 is 5.28. The molecule has 100 valence electrons. The van der Waals surface area contributed by atoms with E-state index in [1.165, 1.54) is 0 Å². The van der Waals surface area contributed by atoms with Crippen molar-refractivity contribution in [2.45, 2.75) is 39.7 Å². The minimum atomic E-state index is 0.189. The topological polar surface area (TPSA) is 29.6 Å². The second-order valence-electron chi connectivity index (χ2n) is 5.63. The third kappa shape index (κ3) is 6.73. The van der Waals surface area contributed by atoms with Crippen LogP contribution >= 0.6 is 24.4 Å². The van der Waals surface area contributed by atoms with Crippen molar-refractivity contribution < 1.29 is 9.53 Å². The molecule has 1 aliphatic rings. The number of thiol groups is 1. The molecule has 4 heteroatoms. The maximum atomic E-state index is 11.7. The van der Waals surface area contributed by atoms with E-state index >= 15 is 0 Å². The lowest BCUT2D eigenvalue weighted by Gasteiger charge is -2.28. The van der Waals surface area contributed by atoms with E-state index in [1.54, 1.807) is 6.92 Å². The lowest BCUT2D eigenvalue weighted by atomic mass is 9.78. The number of ketones is 1. The summed E-state index contributed by atoms with van der Waals surface area (Å²) in [5, 5.41) is 0. The van der Waals surface area contributed by atoms with E-state index in [2.05, 4.69) is 26.5 Å². The summed E-state index contributed by atoms with van der Waals surface area (Å²) in [6.07, 6.45) is 2.50. The molecule has 0 aliphatic carbocycles. The van der Waals surface area contributed by atoms with Crippen LogP contribution in [0, 0.1) is 11.3 Å². The molecule has 0 aromatic rings. The normalized spacial score (nSPS) is 21.3. The molecule has 0 N–H and O–H groups in total. The van der Waals surface area contributed by atoms with Crippen LogP contribution < -0.4 is 0 Å². The fourth-order valence-electron chi connectivity index (χ4n) is 2.16. The van der Waals surface area contributed by atoms with E-state index in [0.717, 1.165) is 36.7 Å². The van der Waals surface area contributed by atoms with Crippen molar-refractivity contribution >= 4 is 30.2 Å². The van der Waals surface area contributed by atoms with Gasteiger partial charge in [-0.2, -0.15) is 24.4 Å². The smallest absolute Gasteiger partial charge is 0.133 e. The highest BCUT2D eigenvalue weighted by Gasteiger charge is 2.33. The second kappa shape index (κ2) is 7.05. The van der Waals surface area contributed by atoms with Gasteiger partial charge in [-0.05, 0) is 30.9 Å². The molecule has 2 nitrogen and oxygen atoms in total. The van der Waals surface area contributed by atoms with Gasteiger partial charge in [0.15, 0.2) is 0 Å². The zero-order chi connectivity index (χ0) is 12.9. The summed E-state index contributed by atoms with van der Waals surface area (Å²) in [5.74, 6) is 3.36. The molecule has 1 heterocycles. The molecule has 1 fully saturated rings. The molecule has 1 saturated heterocycles. The molecule has 1 aliphatic heterocycles. The van der Waals surface area contributed by atoms with Crippen LogP contribution in [0.15, 0.2) is 0 Å². The zero-order valence-corrected chi connectivity index (χ0v) is 12.8. The van der Waals surface area contributed by atoms with Crippen molar-refractivity contribution in [2.75, 3.05) is 23.9 Å². The van der Waals surface area contributed by atoms with Crippen LogP contribution in [0.4, 0.5) is 0 Å². The number of hydrogen-bond acceptors (Lipinski definition) is 4. The predicted molar refractivity (Wildman–Crippen MR) is 78.1 cm³/mol. The molecule has 2 atom stereocenters. The van der Waals surface area contributed by atoms with Crippen molar-refractivity contribution in [3.05, 3.63) is 0 Å². The number of ether oxygens (including phenoxy) is 1. The lowest BCUT2D eigenvalue weighted by molar-refractivity contribution is -0.121. The predicted octanol–water partition coefficient (Wildman–Crippen LogP) is 3.06. The molecule has 1 rings (SSSR count). The van der Waals surface area contributed by atoms with Gasteiger partial charge in [-0.1, -0.05) is 13.8 Å². The Bertz CT molecular complexity index is 250. The van der Waals surface area contributed by atoms with Crippen LogP contribution in [-0.2, 0) is 9.53 Å². The molecular formula is C13H24O2S2. The molecule has 0 spiro atoms. The van der Waals surface area contributed by atoms with Crippen LogP contribution in [0.5, 0.6) is 0 Å². The first-order valence-electron chi connectivity index (χ1n) is 6.25. The lowest BCUT2D eigenvalue weighted by Crippen LogP contribution is -2.25. The largest absolute Gasteiger partial charge is 0.373 e. The van der Waals surface area contributed by atoms with Gasteiger partial charge in [-0.3, -0.25) is 4.79 Å². The minimum Gasteiger partial charge on any atom is -0.373 e. The summed E-state index contributed by atoms with van der Waals surface area (Å²) >= 11 is 6.03. The van der Waals surface area contributed by atoms with E-state index in [0.29, 0.717) is 11.9 Å². The number of rotatable bonds is 9. The molecular weight excluding hydrogens is 252 g/mol. The average Bonchev–Trinajstić information content (AvgIpc) is 2.99. The monoisotopic (exact) mass is 276 g/mol. The summed E-state index contributed by atoms with van der Waals surface area (Å²) in [6, 6.07) is 0. The van der Waals surface area contributed by atoms with Crippen molar-refractivity contribution in [3.63, 3.8) is 0 Å². The van der Waals surface area contributed by atoms with E-state index in [4.69, 9.17) is 4.74 Å². The standard InChI is InChI=1S/C13H24O2S2/c1-10(14)11(9-17-5-4-16)6-13(2,3)7-12-8-15-12/h11-12,16H,4-9H2,1-3H3. The zero-order valence-electron chi connectivity index (χ0n) is 11.1. The van der Waals surface area contributed by atoms with Crippen molar-refractivity contribution in [1.82, 2.24) is 0 Å². The van der Waals surface area contributed by atoms with Crippen LogP contribution in [0.3, 0.4) is 0 Å². The van der Waals surface area contributed by atoms with Crippen LogP contribution in [0.1, 0.15) is 33.6 Å². The number of Topliss-reactive ketones (excluding diaryl/α,β-unsaturated/α-hetero) is 1. The Kier molecular flexibility index (Phi) is 6.38. The fourth-order valence-corrected chi connectivity index (χ4v) is 3.48. The van der Waals surface area contributed by atoms with Crippen molar-refractivity contribution in [1.29, 1.82) is 0 Å². The van der Waals surface area contributed by atoms with Gasteiger partial charge < -0.3 is 4.74 Å². The Morgan fingerprint density at radius 2 is 2.24 bits per heavy atom. The summed E-state index contributed by atoms with van der Waals surface area (Å²) in [7, 11) is 0. The molecule has 0 bridgehead atoms. The molecule has 2 unspecified atom stereocenters. The molecule has 0 amide bonds. The molecule has 0 radical (unpaired) electrons. The highest BCUT2D eigenvalue weighted by Crippen LogP contribution is 2.36. The molecule has 0 aromatic heterocycles. The molecule has 0 aromatic carbocycles. The average molecular weight is 276 g/mol. The van der Waals surface area contributed by atoms with Gasteiger partial charge in [0.05, 0.1) is 12.7 Å².